The minimum Gasteiger partial charge on any atom is -0.481 e. The topological polar surface area (TPSA) is 57.6 Å². The number of nitrogens with zero attached hydrogens (tertiary/aromatic N) is 1. The zero-order valence-corrected chi connectivity index (χ0v) is 12.3. The minimum absolute atomic E-state index is 0.0591. The second-order valence-corrected chi connectivity index (χ2v) is 5.26. The number of hydrogen-bond donors (Lipinski definition) is 1. The Bertz CT molecular complexity index is 448. The van der Waals surface area contributed by atoms with Gasteiger partial charge in [0.05, 0.1) is 12.0 Å². The fourth-order valence-corrected chi connectivity index (χ4v) is 2.45. The maximum atomic E-state index is 12.0. The highest BCUT2D eigenvalue weighted by molar-refractivity contribution is 9.11. The van der Waals surface area contributed by atoms with Gasteiger partial charge in [-0.3, -0.25) is 9.59 Å². The molecule has 0 atom stereocenters. The van der Waals surface area contributed by atoms with Gasteiger partial charge >= 0.3 is 5.97 Å². The number of hydrogen-bond acceptors (Lipinski definition) is 2. The largest absolute Gasteiger partial charge is 0.481 e. The summed E-state index contributed by atoms with van der Waals surface area (Å²) in [6.45, 7) is 0.191. The van der Waals surface area contributed by atoms with E-state index in [1.54, 1.807) is 25.2 Å². The van der Waals surface area contributed by atoms with E-state index in [1.165, 1.54) is 4.90 Å². The van der Waals surface area contributed by atoms with Crippen LogP contribution in [0.2, 0.25) is 0 Å². The Morgan fingerprint density at radius 3 is 2.53 bits per heavy atom. The molecule has 1 N–H and O–H groups in total. The Morgan fingerprint density at radius 2 is 2.00 bits per heavy atom. The molecule has 17 heavy (non-hydrogen) atoms. The molecule has 1 amide bonds. The maximum Gasteiger partial charge on any atom is 0.305 e. The van der Waals surface area contributed by atoms with Crippen LogP contribution in [0.15, 0.2) is 27.1 Å². The summed E-state index contributed by atoms with van der Waals surface area (Å²) in [4.78, 5) is 23.8. The fraction of sp³-hybridized carbons (Fsp3) is 0.273. The number of carbonyl (C=O) groups excluding carboxylic acids is 1. The highest BCUT2D eigenvalue weighted by Gasteiger charge is 2.15. The van der Waals surface area contributed by atoms with Crippen LogP contribution in [0.4, 0.5) is 0 Å². The van der Waals surface area contributed by atoms with Crippen molar-refractivity contribution in [2.45, 2.75) is 6.42 Å². The molecule has 4 nitrogen and oxygen atoms in total. The molecule has 0 unspecified atom stereocenters. The summed E-state index contributed by atoms with van der Waals surface area (Å²) in [6.07, 6.45) is -0.0591. The number of benzene rings is 1. The molecule has 0 fully saturated rings. The van der Waals surface area contributed by atoms with Crippen molar-refractivity contribution < 1.29 is 14.7 Å². The van der Waals surface area contributed by atoms with Gasteiger partial charge in [0.15, 0.2) is 0 Å². The number of amides is 1. The SMILES string of the molecule is CN(CCC(=O)O)C(=O)c1ccc(Br)cc1Br. The van der Waals surface area contributed by atoms with E-state index in [1.807, 2.05) is 0 Å². The lowest BCUT2D eigenvalue weighted by atomic mass is 10.2. The molecule has 0 radical (unpaired) electrons. The molecule has 0 bridgehead atoms. The van der Waals surface area contributed by atoms with Gasteiger partial charge in [0.2, 0.25) is 0 Å². The third-order valence-corrected chi connectivity index (χ3v) is 3.32. The van der Waals surface area contributed by atoms with E-state index in [9.17, 15) is 9.59 Å². The molecule has 0 saturated carbocycles. The molecule has 1 rings (SSSR count). The van der Waals surface area contributed by atoms with Crippen LogP contribution in [0.1, 0.15) is 16.8 Å². The van der Waals surface area contributed by atoms with E-state index < -0.39 is 5.97 Å². The number of aliphatic carboxylic acids is 1. The second-order valence-electron chi connectivity index (χ2n) is 3.49. The van der Waals surface area contributed by atoms with Crippen molar-refractivity contribution in [2.75, 3.05) is 13.6 Å². The highest BCUT2D eigenvalue weighted by Crippen LogP contribution is 2.22. The zero-order chi connectivity index (χ0) is 13.0. The Morgan fingerprint density at radius 1 is 1.35 bits per heavy atom. The predicted octanol–water partition coefficient (Wildman–Crippen LogP) is 2.76. The lowest BCUT2D eigenvalue weighted by Gasteiger charge is -2.16. The molecule has 1 aromatic carbocycles. The summed E-state index contributed by atoms with van der Waals surface area (Å²) in [7, 11) is 1.58. The quantitative estimate of drug-likeness (QED) is 0.893. The van der Waals surface area contributed by atoms with Crippen LogP contribution in [-0.2, 0) is 4.79 Å². The minimum atomic E-state index is -0.917. The molecule has 6 heteroatoms. The van der Waals surface area contributed by atoms with Crippen molar-refractivity contribution in [3.8, 4) is 0 Å². The van der Waals surface area contributed by atoms with Gasteiger partial charge in [-0.1, -0.05) is 15.9 Å². The molecular weight excluding hydrogens is 354 g/mol. The summed E-state index contributed by atoms with van der Waals surface area (Å²) in [5.74, 6) is -1.12. The molecule has 0 aliphatic carbocycles. The summed E-state index contributed by atoms with van der Waals surface area (Å²) in [5.41, 5.74) is 0.515. The van der Waals surface area contributed by atoms with Gasteiger partial charge in [0.25, 0.3) is 5.91 Å². The van der Waals surface area contributed by atoms with Gasteiger partial charge in [-0.2, -0.15) is 0 Å². The number of rotatable bonds is 4. The van der Waals surface area contributed by atoms with E-state index in [4.69, 9.17) is 5.11 Å². The molecule has 0 aromatic heterocycles. The van der Waals surface area contributed by atoms with Crippen molar-refractivity contribution >= 4 is 43.7 Å². The van der Waals surface area contributed by atoms with Gasteiger partial charge < -0.3 is 10.0 Å². The van der Waals surface area contributed by atoms with Crippen LogP contribution in [0.25, 0.3) is 0 Å². The molecule has 0 spiro atoms. The van der Waals surface area contributed by atoms with Crippen LogP contribution < -0.4 is 0 Å². The summed E-state index contributed by atoms with van der Waals surface area (Å²) >= 11 is 6.60. The first-order valence-electron chi connectivity index (χ1n) is 4.84. The zero-order valence-electron chi connectivity index (χ0n) is 9.11. The normalized spacial score (nSPS) is 10.1. The van der Waals surface area contributed by atoms with E-state index in [2.05, 4.69) is 31.9 Å². The number of carbonyl (C=O) groups is 2. The molecule has 0 aliphatic rings. The number of halogens is 2. The summed E-state index contributed by atoms with van der Waals surface area (Å²) in [5, 5.41) is 8.55. The third-order valence-electron chi connectivity index (χ3n) is 2.17. The lowest BCUT2D eigenvalue weighted by molar-refractivity contribution is -0.137. The second kappa shape index (κ2) is 6.16. The third kappa shape index (κ3) is 4.12. The van der Waals surface area contributed by atoms with E-state index in [0.29, 0.717) is 10.0 Å². The fourth-order valence-electron chi connectivity index (χ4n) is 1.23. The monoisotopic (exact) mass is 363 g/mol. The van der Waals surface area contributed by atoms with Crippen LogP contribution in [0, 0.1) is 0 Å². The number of carboxylic acids is 1. The highest BCUT2D eigenvalue weighted by atomic mass is 79.9. The summed E-state index contributed by atoms with van der Waals surface area (Å²) in [6, 6.07) is 5.23. The van der Waals surface area contributed by atoms with Crippen molar-refractivity contribution in [3.05, 3.63) is 32.7 Å². The molecular formula is C11H11Br2NO3. The molecule has 0 aliphatic heterocycles. The first-order valence-corrected chi connectivity index (χ1v) is 6.42. The van der Waals surface area contributed by atoms with Crippen LogP contribution in [0.3, 0.4) is 0 Å². The van der Waals surface area contributed by atoms with Crippen molar-refractivity contribution in [2.24, 2.45) is 0 Å². The Kier molecular flexibility index (Phi) is 5.14. The summed E-state index contributed by atoms with van der Waals surface area (Å²) < 4.78 is 1.55. The van der Waals surface area contributed by atoms with E-state index in [0.717, 1.165) is 4.47 Å². The molecule has 1 aromatic rings. The van der Waals surface area contributed by atoms with E-state index >= 15 is 0 Å². The van der Waals surface area contributed by atoms with Crippen molar-refractivity contribution in [1.82, 2.24) is 4.90 Å². The van der Waals surface area contributed by atoms with E-state index in [-0.39, 0.29) is 18.9 Å². The average Bonchev–Trinajstić information content (AvgIpc) is 2.25. The van der Waals surface area contributed by atoms with Gasteiger partial charge in [0, 0.05) is 22.5 Å². The number of carboxylic acid groups (broad SMARTS) is 1. The Balaban J connectivity index is 2.78. The van der Waals surface area contributed by atoms with Crippen LogP contribution in [-0.4, -0.2) is 35.5 Å². The Labute approximate surface area is 116 Å². The molecule has 0 heterocycles. The average molecular weight is 365 g/mol. The van der Waals surface area contributed by atoms with Gasteiger partial charge in [-0.05, 0) is 34.1 Å². The van der Waals surface area contributed by atoms with Crippen LogP contribution >= 0.6 is 31.9 Å². The standard InChI is InChI=1S/C11H11Br2NO3/c1-14(5-4-10(15)16)11(17)8-3-2-7(12)6-9(8)13/h2-3,6H,4-5H2,1H3,(H,15,16). The van der Waals surface area contributed by atoms with Crippen LogP contribution in [0.5, 0.6) is 0 Å². The smallest absolute Gasteiger partial charge is 0.305 e. The molecule has 0 saturated heterocycles. The first kappa shape index (κ1) is 14.2. The first-order chi connectivity index (χ1) is 7.91. The van der Waals surface area contributed by atoms with Gasteiger partial charge in [0.1, 0.15) is 0 Å². The van der Waals surface area contributed by atoms with Gasteiger partial charge in [-0.15, -0.1) is 0 Å². The van der Waals surface area contributed by atoms with Gasteiger partial charge in [-0.25, -0.2) is 0 Å². The lowest BCUT2D eigenvalue weighted by Crippen LogP contribution is -2.29. The maximum absolute atomic E-state index is 12.0. The van der Waals surface area contributed by atoms with Crippen molar-refractivity contribution in [3.63, 3.8) is 0 Å². The Hall–Kier alpha value is -0.880. The predicted molar refractivity (Wildman–Crippen MR) is 71.1 cm³/mol. The molecule has 92 valence electrons. The van der Waals surface area contributed by atoms with Crippen molar-refractivity contribution in [1.29, 1.82) is 0 Å².